The molecule has 0 atom stereocenters. The van der Waals surface area contributed by atoms with Gasteiger partial charge in [0.25, 0.3) is 5.91 Å². The predicted octanol–water partition coefficient (Wildman–Crippen LogP) is 2.32. The molecule has 0 saturated carbocycles. The zero-order valence-corrected chi connectivity index (χ0v) is 18.5. The van der Waals surface area contributed by atoms with Crippen LogP contribution in [0.15, 0.2) is 47.4 Å². The standard InChI is InChI=1S/C22H27N3O5S/c1-16-7-5-10-20(17(16)2)30-14-11-21(26)23-24-22(27)18-8-6-9-19(15-18)31(28,29)25-12-3-4-13-25/h5-10,15H,3-4,11-14H2,1-2H3,(H,23,26)(H,24,27). The molecule has 0 aliphatic carbocycles. The highest BCUT2D eigenvalue weighted by atomic mass is 32.2. The minimum absolute atomic E-state index is 0.0526. The second-order valence-electron chi connectivity index (χ2n) is 7.44. The van der Waals surface area contributed by atoms with Crippen molar-refractivity contribution >= 4 is 21.8 Å². The Morgan fingerprint density at radius 2 is 1.74 bits per heavy atom. The fourth-order valence-corrected chi connectivity index (χ4v) is 4.83. The quantitative estimate of drug-likeness (QED) is 0.637. The molecule has 1 aliphatic heterocycles. The molecule has 31 heavy (non-hydrogen) atoms. The highest BCUT2D eigenvalue weighted by molar-refractivity contribution is 7.89. The molecule has 2 aromatic rings. The fourth-order valence-electron chi connectivity index (χ4n) is 3.27. The summed E-state index contributed by atoms with van der Waals surface area (Å²) in [6, 6.07) is 11.5. The van der Waals surface area contributed by atoms with E-state index in [9.17, 15) is 18.0 Å². The Kier molecular flexibility index (Phi) is 7.29. The van der Waals surface area contributed by atoms with Crippen LogP contribution >= 0.6 is 0 Å². The van der Waals surface area contributed by atoms with Crippen LogP contribution in [-0.2, 0) is 14.8 Å². The van der Waals surface area contributed by atoms with E-state index in [-0.39, 0.29) is 23.5 Å². The first-order valence-corrected chi connectivity index (χ1v) is 11.6. The largest absolute Gasteiger partial charge is 0.493 e. The van der Waals surface area contributed by atoms with E-state index >= 15 is 0 Å². The zero-order valence-electron chi connectivity index (χ0n) is 17.7. The van der Waals surface area contributed by atoms with Crippen molar-refractivity contribution in [3.63, 3.8) is 0 Å². The van der Waals surface area contributed by atoms with Gasteiger partial charge in [-0.25, -0.2) is 8.42 Å². The Balaban J connectivity index is 1.51. The lowest BCUT2D eigenvalue weighted by atomic mass is 10.1. The van der Waals surface area contributed by atoms with Crippen molar-refractivity contribution < 1.29 is 22.7 Å². The van der Waals surface area contributed by atoms with E-state index in [0.29, 0.717) is 18.8 Å². The number of hydrogen-bond donors (Lipinski definition) is 2. The first-order chi connectivity index (χ1) is 14.8. The molecule has 0 aromatic heterocycles. The van der Waals surface area contributed by atoms with Gasteiger partial charge in [-0.05, 0) is 62.1 Å². The summed E-state index contributed by atoms with van der Waals surface area (Å²) in [5.41, 5.74) is 6.90. The Hall–Kier alpha value is -2.91. The summed E-state index contributed by atoms with van der Waals surface area (Å²) in [6.07, 6.45) is 1.72. The van der Waals surface area contributed by atoms with E-state index in [1.165, 1.54) is 28.6 Å². The number of sulfonamides is 1. The third kappa shape index (κ3) is 5.62. The molecule has 9 heteroatoms. The second kappa shape index (κ2) is 9.93. The van der Waals surface area contributed by atoms with Crippen molar-refractivity contribution in [2.24, 2.45) is 0 Å². The van der Waals surface area contributed by atoms with Gasteiger partial charge in [0.2, 0.25) is 15.9 Å². The monoisotopic (exact) mass is 445 g/mol. The molecular weight excluding hydrogens is 418 g/mol. The van der Waals surface area contributed by atoms with Gasteiger partial charge < -0.3 is 4.74 Å². The molecule has 1 saturated heterocycles. The molecule has 2 aromatic carbocycles. The third-order valence-corrected chi connectivity index (χ3v) is 7.15. The lowest BCUT2D eigenvalue weighted by molar-refractivity contribution is -0.122. The average molecular weight is 446 g/mol. The number of hydrogen-bond acceptors (Lipinski definition) is 5. The highest BCUT2D eigenvalue weighted by Crippen LogP contribution is 2.22. The van der Waals surface area contributed by atoms with Gasteiger partial charge in [-0.1, -0.05) is 18.2 Å². The summed E-state index contributed by atoms with van der Waals surface area (Å²) in [7, 11) is -3.62. The lowest BCUT2D eigenvalue weighted by Gasteiger charge is -2.16. The van der Waals surface area contributed by atoms with E-state index in [1.54, 1.807) is 0 Å². The molecule has 1 aliphatic rings. The Labute approximate surface area is 182 Å². The van der Waals surface area contributed by atoms with Crippen molar-refractivity contribution in [3.8, 4) is 5.75 Å². The minimum Gasteiger partial charge on any atom is -0.493 e. The van der Waals surface area contributed by atoms with Gasteiger partial charge in [0.05, 0.1) is 17.9 Å². The van der Waals surface area contributed by atoms with Crippen molar-refractivity contribution in [1.82, 2.24) is 15.2 Å². The summed E-state index contributed by atoms with van der Waals surface area (Å²) >= 11 is 0. The van der Waals surface area contributed by atoms with E-state index in [0.717, 1.165) is 24.0 Å². The number of nitrogens with one attached hydrogen (secondary N) is 2. The van der Waals surface area contributed by atoms with E-state index < -0.39 is 21.8 Å². The van der Waals surface area contributed by atoms with Crippen LogP contribution in [-0.4, -0.2) is 44.2 Å². The molecule has 0 unspecified atom stereocenters. The molecule has 8 nitrogen and oxygen atoms in total. The number of carbonyl (C=O) groups is 2. The smallest absolute Gasteiger partial charge is 0.269 e. The van der Waals surface area contributed by atoms with Crippen LogP contribution in [0.2, 0.25) is 0 Å². The van der Waals surface area contributed by atoms with Crippen LogP contribution in [0, 0.1) is 13.8 Å². The second-order valence-corrected chi connectivity index (χ2v) is 9.38. The summed E-state index contributed by atoms with van der Waals surface area (Å²) in [4.78, 5) is 24.4. The van der Waals surface area contributed by atoms with Crippen LogP contribution in [0.3, 0.4) is 0 Å². The topological polar surface area (TPSA) is 105 Å². The van der Waals surface area contributed by atoms with Crippen LogP contribution in [0.1, 0.15) is 40.7 Å². The molecule has 3 rings (SSSR count). The first kappa shape index (κ1) is 22.8. The van der Waals surface area contributed by atoms with Crippen LogP contribution in [0.25, 0.3) is 0 Å². The van der Waals surface area contributed by atoms with Gasteiger partial charge in [-0.3, -0.25) is 20.4 Å². The molecule has 0 radical (unpaired) electrons. The molecule has 2 amide bonds. The maximum absolute atomic E-state index is 12.7. The molecule has 1 fully saturated rings. The van der Waals surface area contributed by atoms with E-state index in [4.69, 9.17) is 4.74 Å². The van der Waals surface area contributed by atoms with Gasteiger partial charge in [-0.2, -0.15) is 4.31 Å². The molecule has 0 bridgehead atoms. The fraction of sp³-hybridized carbons (Fsp3) is 0.364. The van der Waals surface area contributed by atoms with Crippen molar-refractivity contribution in [3.05, 3.63) is 59.2 Å². The number of amides is 2. The molecule has 166 valence electrons. The number of ether oxygens (including phenoxy) is 1. The predicted molar refractivity (Wildman–Crippen MR) is 116 cm³/mol. The molecule has 1 heterocycles. The first-order valence-electron chi connectivity index (χ1n) is 10.2. The van der Waals surface area contributed by atoms with E-state index in [2.05, 4.69) is 10.9 Å². The SMILES string of the molecule is Cc1cccc(OCCC(=O)NNC(=O)c2cccc(S(=O)(=O)N3CCCC3)c2)c1C. The Morgan fingerprint density at radius 3 is 2.48 bits per heavy atom. The molecular formula is C22H27N3O5S. The van der Waals surface area contributed by atoms with Gasteiger partial charge >= 0.3 is 0 Å². The highest BCUT2D eigenvalue weighted by Gasteiger charge is 2.27. The lowest BCUT2D eigenvalue weighted by Crippen LogP contribution is -2.42. The van der Waals surface area contributed by atoms with Crippen molar-refractivity contribution in [1.29, 1.82) is 0 Å². The van der Waals surface area contributed by atoms with Gasteiger partial charge in [0.15, 0.2) is 0 Å². The van der Waals surface area contributed by atoms with Crippen molar-refractivity contribution in [2.45, 2.75) is 38.0 Å². The number of carbonyl (C=O) groups excluding carboxylic acids is 2. The summed E-state index contributed by atoms with van der Waals surface area (Å²) < 4.78 is 32.4. The number of rotatable bonds is 7. The Bertz CT molecular complexity index is 1060. The van der Waals surface area contributed by atoms with Gasteiger partial charge in [0, 0.05) is 18.7 Å². The third-order valence-electron chi connectivity index (χ3n) is 5.26. The van der Waals surface area contributed by atoms with Crippen molar-refractivity contribution in [2.75, 3.05) is 19.7 Å². The van der Waals surface area contributed by atoms with Gasteiger partial charge in [-0.15, -0.1) is 0 Å². The average Bonchev–Trinajstić information content (AvgIpc) is 3.31. The Morgan fingerprint density at radius 1 is 1.03 bits per heavy atom. The van der Waals surface area contributed by atoms with E-state index in [1.807, 2.05) is 32.0 Å². The van der Waals surface area contributed by atoms with Crippen LogP contribution in [0.5, 0.6) is 5.75 Å². The normalized spacial score (nSPS) is 14.3. The number of benzene rings is 2. The molecule has 2 N–H and O–H groups in total. The zero-order chi connectivity index (χ0) is 22.4. The molecule has 0 spiro atoms. The van der Waals surface area contributed by atoms with Crippen LogP contribution < -0.4 is 15.6 Å². The van der Waals surface area contributed by atoms with Crippen LogP contribution in [0.4, 0.5) is 0 Å². The summed E-state index contributed by atoms with van der Waals surface area (Å²) in [5.74, 6) is -0.297. The number of nitrogens with zero attached hydrogens (tertiary/aromatic N) is 1. The summed E-state index contributed by atoms with van der Waals surface area (Å²) in [6.45, 7) is 5.06. The van der Waals surface area contributed by atoms with Gasteiger partial charge in [0.1, 0.15) is 5.75 Å². The minimum atomic E-state index is -3.62. The number of aryl methyl sites for hydroxylation is 1. The maximum atomic E-state index is 12.7. The summed E-state index contributed by atoms with van der Waals surface area (Å²) in [5, 5.41) is 0. The number of hydrazine groups is 1. The maximum Gasteiger partial charge on any atom is 0.269 e.